The van der Waals surface area contributed by atoms with Crippen molar-refractivity contribution in [3.63, 3.8) is 0 Å². The first kappa shape index (κ1) is 16.5. The topological polar surface area (TPSA) is 85.2 Å². The molecule has 5 rings (SSSR count). The van der Waals surface area contributed by atoms with Crippen molar-refractivity contribution in [1.82, 2.24) is 24.6 Å². The van der Waals surface area contributed by atoms with Crippen LogP contribution in [0.25, 0.3) is 17.0 Å². The van der Waals surface area contributed by atoms with Crippen LogP contribution < -0.4 is 10.6 Å². The Kier molecular flexibility index (Phi) is 3.77. The first-order valence-corrected chi connectivity index (χ1v) is 9.86. The van der Waals surface area contributed by atoms with Crippen LogP contribution in [0.5, 0.6) is 0 Å². The van der Waals surface area contributed by atoms with Gasteiger partial charge in [0.15, 0.2) is 5.65 Å². The molecule has 1 unspecified atom stereocenters. The number of rotatable bonds is 2. The molecule has 140 valence electrons. The first-order valence-electron chi connectivity index (χ1n) is 9.86. The zero-order valence-corrected chi connectivity index (χ0v) is 15.9. The minimum atomic E-state index is 0.602. The molecule has 1 aliphatic heterocycles. The molecular weight excluding hydrogens is 338 g/mol. The number of hydrogen-bond donors (Lipinski definition) is 1. The molecule has 0 radical (unpaired) electrons. The van der Waals surface area contributed by atoms with Crippen molar-refractivity contribution in [2.75, 3.05) is 23.7 Å². The Labute approximate surface area is 158 Å². The summed E-state index contributed by atoms with van der Waals surface area (Å²) in [6.07, 6.45) is 5.61. The van der Waals surface area contributed by atoms with E-state index in [1.165, 1.54) is 19.3 Å². The van der Waals surface area contributed by atoms with E-state index in [-0.39, 0.29) is 0 Å². The fourth-order valence-corrected chi connectivity index (χ4v) is 4.23. The molecule has 1 saturated heterocycles. The van der Waals surface area contributed by atoms with E-state index < -0.39 is 0 Å². The van der Waals surface area contributed by atoms with Gasteiger partial charge in [-0.3, -0.25) is 4.98 Å². The second-order valence-electron chi connectivity index (χ2n) is 7.93. The Morgan fingerprint density at radius 2 is 1.89 bits per heavy atom. The molecule has 0 aromatic carbocycles. The molecule has 2 N–H and O–H groups in total. The van der Waals surface area contributed by atoms with E-state index in [1.807, 2.05) is 19.1 Å². The number of nitrogens with two attached hydrogens (primary N) is 1. The normalized spacial score (nSPS) is 19.6. The van der Waals surface area contributed by atoms with Crippen molar-refractivity contribution in [2.24, 2.45) is 5.92 Å². The molecule has 7 heteroatoms. The monoisotopic (exact) mass is 363 g/mol. The SMILES string of the molecule is Cc1nc2c(nc1-c1cc3nc(N4CCCC4)cc(N)n3n1)CC(C)CC2. The van der Waals surface area contributed by atoms with E-state index in [0.29, 0.717) is 11.7 Å². The van der Waals surface area contributed by atoms with Gasteiger partial charge >= 0.3 is 0 Å². The maximum Gasteiger partial charge on any atom is 0.160 e. The van der Waals surface area contributed by atoms with Gasteiger partial charge in [-0.1, -0.05) is 6.92 Å². The number of aryl methyl sites for hydroxylation is 2. The van der Waals surface area contributed by atoms with Crippen LogP contribution in [-0.2, 0) is 12.8 Å². The van der Waals surface area contributed by atoms with E-state index in [2.05, 4.69) is 16.9 Å². The molecule has 7 nitrogen and oxygen atoms in total. The van der Waals surface area contributed by atoms with Crippen molar-refractivity contribution in [3.8, 4) is 11.4 Å². The van der Waals surface area contributed by atoms with Gasteiger partial charge in [-0.05, 0) is 44.9 Å². The van der Waals surface area contributed by atoms with E-state index in [4.69, 9.17) is 20.7 Å². The van der Waals surface area contributed by atoms with Crippen LogP contribution in [0.2, 0.25) is 0 Å². The smallest absolute Gasteiger partial charge is 0.160 e. The second kappa shape index (κ2) is 6.18. The van der Waals surface area contributed by atoms with Gasteiger partial charge in [0.05, 0.1) is 17.1 Å². The van der Waals surface area contributed by atoms with Gasteiger partial charge in [-0.25, -0.2) is 9.97 Å². The molecule has 3 aromatic heterocycles. The molecule has 0 bridgehead atoms. The number of nitrogens with zero attached hydrogens (tertiary/aromatic N) is 6. The maximum atomic E-state index is 6.28. The average Bonchev–Trinajstić information content (AvgIpc) is 3.31. The van der Waals surface area contributed by atoms with Crippen molar-refractivity contribution in [3.05, 3.63) is 29.2 Å². The van der Waals surface area contributed by atoms with E-state index in [9.17, 15) is 0 Å². The standard InChI is InChI=1S/C20H25N7/c1-12-5-6-14-15(9-12)23-20(13(2)22-14)16-10-19-24-18(26-7-3-4-8-26)11-17(21)27(19)25-16/h10-12H,3-9,21H2,1-2H3. The summed E-state index contributed by atoms with van der Waals surface area (Å²) in [4.78, 5) is 16.8. The predicted octanol–water partition coefficient (Wildman–Crippen LogP) is 2.80. The lowest BCUT2D eigenvalue weighted by atomic mass is 9.91. The molecule has 0 amide bonds. The van der Waals surface area contributed by atoms with Gasteiger partial charge in [0.25, 0.3) is 0 Å². The summed E-state index contributed by atoms with van der Waals surface area (Å²) in [5.41, 5.74) is 11.9. The summed E-state index contributed by atoms with van der Waals surface area (Å²) >= 11 is 0. The Morgan fingerprint density at radius 1 is 1.07 bits per heavy atom. The highest BCUT2D eigenvalue weighted by molar-refractivity contribution is 5.66. The van der Waals surface area contributed by atoms with Crippen LogP contribution >= 0.6 is 0 Å². The lowest BCUT2D eigenvalue weighted by molar-refractivity contribution is 0.484. The van der Waals surface area contributed by atoms with Crippen LogP contribution in [0.4, 0.5) is 11.6 Å². The first-order chi connectivity index (χ1) is 13.1. The van der Waals surface area contributed by atoms with Crippen LogP contribution in [-0.4, -0.2) is 37.7 Å². The highest BCUT2D eigenvalue weighted by Crippen LogP contribution is 2.29. The zero-order chi connectivity index (χ0) is 18.5. The lowest BCUT2D eigenvalue weighted by Gasteiger charge is -2.20. The quantitative estimate of drug-likeness (QED) is 0.753. The summed E-state index contributed by atoms with van der Waals surface area (Å²) in [6.45, 7) is 6.37. The van der Waals surface area contributed by atoms with Gasteiger partial charge < -0.3 is 10.6 Å². The molecule has 1 fully saturated rings. The summed E-state index contributed by atoms with van der Waals surface area (Å²) in [7, 11) is 0. The largest absolute Gasteiger partial charge is 0.383 e. The molecule has 0 spiro atoms. The summed E-state index contributed by atoms with van der Waals surface area (Å²) in [6, 6.07) is 3.90. The molecule has 4 heterocycles. The van der Waals surface area contributed by atoms with Crippen LogP contribution in [0, 0.1) is 12.8 Å². The minimum absolute atomic E-state index is 0.602. The molecule has 0 saturated carbocycles. The fourth-order valence-electron chi connectivity index (χ4n) is 4.23. The van der Waals surface area contributed by atoms with Gasteiger partial charge in [-0.2, -0.15) is 9.61 Å². The van der Waals surface area contributed by atoms with Crippen molar-refractivity contribution in [2.45, 2.75) is 46.0 Å². The maximum absolute atomic E-state index is 6.28. The summed E-state index contributed by atoms with van der Waals surface area (Å²) in [5, 5.41) is 4.69. The number of aromatic nitrogens is 5. The molecule has 27 heavy (non-hydrogen) atoms. The average molecular weight is 363 g/mol. The van der Waals surface area contributed by atoms with Crippen molar-refractivity contribution < 1.29 is 0 Å². The zero-order valence-electron chi connectivity index (χ0n) is 15.9. The second-order valence-corrected chi connectivity index (χ2v) is 7.93. The third-order valence-corrected chi connectivity index (χ3v) is 5.75. The highest BCUT2D eigenvalue weighted by Gasteiger charge is 2.22. The predicted molar refractivity (Wildman–Crippen MR) is 106 cm³/mol. The molecule has 1 atom stereocenters. The number of anilines is 2. The van der Waals surface area contributed by atoms with Gasteiger partial charge in [-0.15, -0.1) is 0 Å². The number of hydrogen-bond acceptors (Lipinski definition) is 6. The molecule has 2 aliphatic rings. The van der Waals surface area contributed by atoms with Gasteiger partial charge in [0, 0.05) is 25.2 Å². The number of nitrogen functional groups attached to an aromatic ring is 1. The summed E-state index contributed by atoms with van der Waals surface area (Å²) in [5.74, 6) is 2.19. The Hall–Kier alpha value is -2.70. The molecular formula is C20H25N7. The van der Waals surface area contributed by atoms with Crippen LogP contribution in [0.15, 0.2) is 12.1 Å². The van der Waals surface area contributed by atoms with E-state index in [0.717, 1.165) is 65.9 Å². The van der Waals surface area contributed by atoms with Crippen LogP contribution in [0.1, 0.15) is 43.3 Å². The Bertz CT molecular complexity index is 1020. The van der Waals surface area contributed by atoms with Crippen molar-refractivity contribution in [1.29, 1.82) is 0 Å². The van der Waals surface area contributed by atoms with E-state index in [1.54, 1.807) is 4.52 Å². The lowest BCUT2D eigenvalue weighted by Crippen LogP contribution is -2.19. The molecule has 3 aromatic rings. The van der Waals surface area contributed by atoms with E-state index >= 15 is 0 Å². The Balaban J connectivity index is 1.59. The minimum Gasteiger partial charge on any atom is -0.383 e. The Morgan fingerprint density at radius 3 is 2.70 bits per heavy atom. The third-order valence-electron chi connectivity index (χ3n) is 5.75. The fraction of sp³-hybridized carbons (Fsp3) is 0.500. The van der Waals surface area contributed by atoms with Gasteiger partial charge in [0.2, 0.25) is 0 Å². The third kappa shape index (κ3) is 2.81. The van der Waals surface area contributed by atoms with Gasteiger partial charge in [0.1, 0.15) is 23.0 Å². The van der Waals surface area contributed by atoms with Crippen molar-refractivity contribution >= 4 is 17.3 Å². The van der Waals surface area contributed by atoms with Crippen LogP contribution in [0.3, 0.4) is 0 Å². The number of fused-ring (bicyclic) bond motifs is 2. The molecule has 1 aliphatic carbocycles. The highest BCUT2D eigenvalue weighted by atomic mass is 15.3. The summed E-state index contributed by atoms with van der Waals surface area (Å²) < 4.78 is 1.71.